The number of carbonyl (C=O) groups excluding carboxylic acids is 1. The standard InChI is InChI=1S/C14H17F2NO/c15-13-2-1-3-14(16)12(13)8-11(18)5-4-10-6-7-17-9-10/h1-3,10,17H,4-9H2. The summed E-state index contributed by atoms with van der Waals surface area (Å²) in [5.41, 5.74) is -0.105. The van der Waals surface area contributed by atoms with Gasteiger partial charge in [0.15, 0.2) is 0 Å². The van der Waals surface area contributed by atoms with Gasteiger partial charge in [0.05, 0.1) is 0 Å². The summed E-state index contributed by atoms with van der Waals surface area (Å²) in [6.07, 6.45) is 2.15. The van der Waals surface area contributed by atoms with Gasteiger partial charge in [0.2, 0.25) is 0 Å². The van der Waals surface area contributed by atoms with Crippen molar-refractivity contribution in [3.05, 3.63) is 35.4 Å². The second-order valence-electron chi connectivity index (χ2n) is 4.81. The van der Waals surface area contributed by atoms with Crippen molar-refractivity contribution >= 4 is 5.78 Å². The van der Waals surface area contributed by atoms with Crippen LogP contribution in [0.3, 0.4) is 0 Å². The summed E-state index contributed by atoms with van der Waals surface area (Å²) in [6.45, 7) is 1.95. The largest absolute Gasteiger partial charge is 0.316 e. The minimum atomic E-state index is -0.633. The van der Waals surface area contributed by atoms with E-state index in [1.165, 1.54) is 18.2 Å². The first-order valence-electron chi connectivity index (χ1n) is 6.32. The molecule has 0 spiro atoms. The van der Waals surface area contributed by atoms with Crippen LogP contribution in [0.4, 0.5) is 8.78 Å². The van der Waals surface area contributed by atoms with Crippen LogP contribution in [-0.4, -0.2) is 18.9 Å². The third-order valence-corrected chi connectivity index (χ3v) is 3.43. The summed E-state index contributed by atoms with van der Waals surface area (Å²) < 4.78 is 26.7. The number of hydrogen-bond acceptors (Lipinski definition) is 2. The lowest BCUT2D eigenvalue weighted by atomic mass is 9.98. The van der Waals surface area contributed by atoms with Crippen LogP contribution in [0.25, 0.3) is 0 Å². The van der Waals surface area contributed by atoms with E-state index in [1.54, 1.807) is 0 Å². The molecule has 1 heterocycles. The first-order chi connectivity index (χ1) is 8.66. The molecule has 0 saturated carbocycles. The molecular weight excluding hydrogens is 236 g/mol. The van der Waals surface area contributed by atoms with E-state index in [0.29, 0.717) is 12.3 Å². The Kier molecular flexibility index (Phi) is 4.42. The average molecular weight is 253 g/mol. The van der Waals surface area contributed by atoms with Gasteiger partial charge in [-0.3, -0.25) is 4.79 Å². The lowest BCUT2D eigenvalue weighted by molar-refractivity contribution is -0.118. The summed E-state index contributed by atoms with van der Waals surface area (Å²) in [6, 6.07) is 3.68. The summed E-state index contributed by atoms with van der Waals surface area (Å²) in [4.78, 5) is 11.7. The molecule has 2 rings (SSSR count). The zero-order chi connectivity index (χ0) is 13.0. The number of halogens is 2. The first-order valence-corrected chi connectivity index (χ1v) is 6.32. The fraction of sp³-hybridized carbons (Fsp3) is 0.500. The minimum absolute atomic E-state index is 0.0918. The number of carbonyl (C=O) groups is 1. The van der Waals surface area contributed by atoms with Gasteiger partial charge in [0, 0.05) is 18.4 Å². The first kappa shape index (κ1) is 13.1. The topological polar surface area (TPSA) is 29.1 Å². The molecule has 0 aliphatic carbocycles. The molecule has 1 fully saturated rings. The van der Waals surface area contributed by atoms with Gasteiger partial charge in [-0.05, 0) is 44.0 Å². The average Bonchev–Trinajstić information content (AvgIpc) is 2.84. The maximum absolute atomic E-state index is 13.3. The lowest BCUT2D eigenvalue weighted by Crippen LogP contribution is -2.12. The number of hydrogen-bond donors (Lipinski definition) is 1. The molecule has 1 unspecified atom stereocenters. The normalized spacial score (nSPS) is 19.1. The molecule has 1 saturated heterocycles. The van der Waals surface area contributed by atoms with E-state index in [2.05, 4.69) is 5.32 Å². The molecule has 1 aliphatic rings. The Morgan fingerprint density at radius 2 is 2.06 bits per heavy atom. The second-order valence-corrected chi connectivity index (χ2v) is 4.81. The Balaban J connectivity index is 1.86. The number of nitrogens with one attached hydrogen (secondary N) is 1. The molecule has 1 aromatic carbocycles. The highest BCUT2D eigenvalue weighted by molar-refractivity contribution is 5.80. The van der Waals surface area contributed by atoms with Crippen LogP contribution in [-0.2, 0) is 11.2 Å². The highest BCUT2D eigenvalue weighted by atomic mass is 19.1. The highest BCUT2D eigenvalue weighted by Gasteiger charge is 2.17. The molecule has 0 amide bonds. The lowest BCUT2D eigenvalue weighted by Gasteiger charge is -2.08. The van der Waals surface area contributed by atoms with Gasteiger partial charge in [0.1, 0.15) is 17.4 Å². The number of benzene rings is 1. The van der Waals surface area contributed by atoms with Crippen molar-refractivity contribution in [1.82, 2.24) is 5.32 Å². The van der Waals surface area contributed by atoms with Crippen LogP contribution >= 0.6 is 0 Å². The van der Waals surface area contributed by atoms with E-state index in [4.69, 9.17) is 0 Å². The molecule has 1 aliphatic heterocycles. The maximum Gasteiger partial charge on any atom is 0.137 e. The zero-order valence-corrected chi connectivity index (χ0v) is 10.2. The minimum Gasteiger partial charge on any atom is -0.316 e. The van der Waals surface area contributed by atoms with Crippen molar-refractivity contribution in [3.63, 3.8) is 0 Å². The summed E-state index contributed by atoms with van der Waals surface area (Å²) in [5.74, 6) is -0.831. The molecule has 98 valence electrons. The second kappa shape index (κ2) is 6.05. The molecule has 0 radical (unpaired) electrons. The fourth-order valence-electron chi connectivity index (χ4n) is 2.31. The van der Waals surface area contributed by atoms with Crippen LogP contribution in [0, 0.1) is 17.6 Å². The van der Waals surface area contributed by atoms with Crippen LogP contribution in [0.5, 0.6) is 0 Å². The summed E-state index contributed by atoms with van der Waals surface area (Å²) >= 11 is 0. The molecule has 0 aromatic heterocycles. The van der Waals surface area contributed by atoms with Crippen molar-refractivity contribution < 1.29 is 13.6 Å². The smallest absolute Gasteiger partial charge is 0.137 e. The molecule has 1 atom stereocenters. The van der Waals surface area contributed by atoms with E-state index < -0.39 is 11.6 Å². The van der Waals surface area contributed by atoms with Crippen LogP contribution < -0.4 is 5.32 Å². The predicted molar refractivity (Wildman–Crippen MR) is 65.3 cm³/mol. The molecule has 2 nitrogen and oxygen atoms in total. The Morgan fingerprint density at radius 1 is 1.33 bits per heavy atom. The van der Waals surface area contributed by atoms with E-state index >= 15 is 0 Å². The molecule has 18 heavy (non-hydrogen) atoms. The highest BCUT2D eigenvalue weighted by Crippen LogP contribution is 2.17. The van der Waals surface area contributed by atoms with E-state index in [0.717, 1.165) is 25.9 Å². The molecule has 1 aromatic rings. The fourth-order valence-corrected chi connectivity index (χ4v) is 2.31. The van der Waals surface area contributed by atoms with Gasteiger partial charge in [-0.2, -0.15) is 0 Å². The Morgan fingerprint density at radius 3 is 2.67 bits per heavy atom. The third-order valence-electron chi connectivity index (χ3n) is 3.43. The van der Waals surface area contributed by atoms with E-state index in [9.17, 15) is 13.6 Å². The van der Waals surface area contributed by atoms with Gasteiger partial charge in [-0.1, -0.05) is 6.07 Å². The molecular formula is C14H17F2NO. The number of Topliss-reactive ketones (excluding diaryl/α,β-unsaturated/α-hetero) is 1. The Bertz CT molecular complexity index is 408. The van der Waals surface area contributed by atoms with Gasteiger partial charge in [0.25, 0.3) is 0 Å². The number of ketones is 1. The van der Waals surface area contributed by atoms with Gasteiger partial charge >= 0.3 is 0 Å². The maximum atomic E-state index is 13.3. The van der Waals surface area contributed by atoms with E-state index in [-0.39, 0.29) is 17.8 Å². The van der Waals surface area contributed by atoms with Crippen molar-refractivity contribution in [2.75, 3.05) is 13.1 Å². The van der Waals surface area contributed by atoms with E-state index in [1.807, 2.05) is 0 Å². The SMILES string of the molecule is O=C(CCC1CCNC1)Cc1c(F)cccc1F. The van der Waals surface area contributed by atoms with Crippen LogP contribution in [0.15, 0.2) is 18.2 Å². The zero-order valence-electron chi connectivity index (χ0n) is 10.2. The van der Waals surface area contributed by atoms with Crippen LogP contribution in [0.2, 0.25) is 0 Å². The quantitative estimate of drug-likeness (QED) is 0.873. The van der Waals surface area contributed by atoms with Crippen molar-refractivity contribution in [1.29, 1.82) is 0 Å². The Labute approximate surface area is 105 Å². The van der Waals surface area contributed by atoms with Gasteiger partial charge in [-0.25, -0.2) is 8.78 Å². The van der Waals surface area contributed by atoms with Crippen molar-refractivity contribution in [2.45, 2.75) is 25.7 Å². The summed E-state index contributed by atoms with van der Waals surface area (Å²) in [7, 11) is 0. The molecule has 4 heteroatoms. The van der Waals surface area contributed by atoms with Gasteiger partial charge < -0.3 is 5.32 Å². The predicted octanol–water partition coefficient (Wildman–Crippen LogP) is 2.47. The van der Waals surface area contributed by atoms with Crippen molar-refractivity contribution in [3.8, 4) is 0 Å². The van der Waals surface area contributed by atoms with Crippen LogP contribution in [0.1, 0.15) is 24.8 Å². The number of rotatable bonds is 5. The summed E-state index contributed by atoms with van der Waals surface area (Å²) in [5, 5.41) is 3.23. The van der Waals surface area contributed by atoms with Crippen molar-refractivity contribution in [2.24, 2.45) is 5.92 Å². The third kappa shape index (κ3) is 3.35. The van der Waals surface area contributed by atoms with Gasteiger partial charge in [-0.15, -0.1) is 0 Å². The molecule has 1 N–H and O–H groups in total. The monoisotopic (exact) mass is 253 g/mol. The molecule has 0 bridgehead atoms. The Hall–Kier alpha value is -1.29.